The van der Waals surface area contributed by atoms with E-state index >= 15 is 0 Å². The summed E-state index contributed by atoms with van der Waals surface area (Å²) >= 11 is 0. The Bertz CT molecular complexity index is 1510. The lowest BCUT2D eigenvalue weighted by molar-refractivity contribution is -0.0570. The SMILES string of the molecule is CC.CC(=NC1CCN(C2CN(C#N)C2(C)C)CC1)/C(=C\N)c1cc(NC(C)c2ccccn2)c2c(C#N)cnn2c1. The third-order valence-electron chi connectivity index (χ3n) is 8.41. The normalized spacial score (nSPS) is 20.1. The summed E-state index contributed by atoms with van der Waals surface area (Å²) in [6.45, 7) is 15.1. The topological polar surface area (TPSA) is 135 Å². The van der Waals surface area contributed by atoms with E-state index in [-0.39, 0.29) is 17.6 Å². The Morgan fingerprint density at radius 3 is 2.57 bits per heavy atom. The van der Waals surface area contributed by atoms with Crippen LogP contribution < -0.4 is 11.1 Å². The fourth-order valence-corrected chi connectivity index (χ4v) is 5.93. The van der Waals surface area contributed by atoms with Gasteiger partial charge >= 0.3 is 0 Å². The molecule has 3 aromatic rings. The zero-order chi connectivity index (χ0) is 30.4. The first-order valence-electron chi connectivity index (χ1n) is 14.7. The van der Waals surface area contributed by atoms with Gasteiger partial charge in [0.2, 0.25) is 0 Å². The van der Waals surface area contributed by atoms with Crippen LogP contribution in [0.2, 0.25) is 0 Å². The minimum absolute atomic E-state index is 0.0900. The molecule has 0 aromatic carbocycles. The van der Waals surface area contributed by atoms with E-state index in [4.69, 9.17) is 10.7 Å². The number of hydrogen-bond acceptors (Lipinski definition) is 9. The lowest BCUT2D eigenvalue weighted by Gasteiger charge is -2.57. The standard InChI is InChI=1S/C30H36N10.C2H6/c1-20(36-24-8-11-38(12-9-24)28-18-39(19-33)30(28,3)4)25(15-32)22-13-27(29-23(14-31)16-35-40(29)17-22)37-21(2)26-7-5-6-10-34-26;1-2/h5-7,10,13,15-17,21,24,28,37H,8-9,11-12,18,32H2,1-4H3;1-2H3/b25-15+,36-20?;. The van der Waals surface area contributed by atoms with Gasteiger partial charge in [-0.3, -0.25) is 14.9 Å². The third-order valence-corrected chi connectivity index (χ3v) is 8.41. The Labute approximate surface area is 249 Å². The molecule has 5 rings (SSSR count). The molecular weight excluding hydrogens is 524 g/mol. The van der Waals surface area contributed by atoms with Gasteiger partial charge in [0.25, 0.3) is 0 Å². The van der Waals surface area contributed by atoms with E-state index in [9.17, 15) is 10.5 Å². The first kappa shape index (κ1) is 30.5. The summed E-state index contributed by atoms with van der Waals surface area (Å²) in [5.74, 6) is 0. The Hall–Kier alpha value is -4.41. The minimum Gasteiger partial charge on any atom is -0.404 e. The first-order chi connectivity index (χ1) is 20.3. The highest BCUT2D eigenvalue weighted by Gasteiger charge is 2.49. The maximum atomic E-state index is 9.71. The highest BCUT2D eigenvalue weighted by atomic mass is 15.4. The van der Waals surface area contributed by atoms with Gasteiger partial charge in [-0.15, -0.1) is 0 Å². The Balaban J connectivity index is 0.00000198. The van der Waals surface area contributed by atoms with Gasteiger partial charge in [-0.25, -0.2) is 4.52 Å². The van der Waals surface area contributed by atoms with Crippen LogP contribution in [0, 0.1) is 22.8 Å². The summed E-state index contributed by atoms with van der Waals surface area (Å²) in [6, 6.07) is 10.6. The van der Waals surface area contributed by atoms with Crippen molar-refractivity contribution in [3.63, 3.8) is 0 Å². The molecule has 0 saturated carbocycles. The maximum absolute atomic E-state index is 9.71. The van der Waals surface area contributed by atoms with Gasteiger partial charge in [-0.05, 0) is 58.7 Å². The van der Waals surface area contributed by atoms with E-state index in [1.807, 2.05) is 63.1 Å². The van der Waals surface area contributed by atoms with Gasteiger partial charge in [-0.2, -0.15) is 15.6 Å². The molecule has 220 valence electrons. The number of anilines is 1. The molecule has 0 bridgehead atoms. The van der Waals surface area contributed by atoms with Crippen molar-refractivity contribution >= 4 is 22.5 Å². The first-order valence-corrected chi connectivity index (χ1v) is 14.7. The number of piperidine rings is 1. The number of pyridine rings is 2. The summed E-state index contributed by atoms with van der Waals surface area (Å²) in [4.78, 5) is 13.9. The predicted octanol–water partition coefficient (Wildman–Crippen LogP) is 4.97. The number of likely N-dealkylation sites (tertiary alicyclic amines) is 2. The zero-order valence-corrected chi connectivity index (χ0v) is 25.5. The van der Waals surface area contributed by atoms with Crippen LogP contribution in [0.1, 0.15) is 77.2 Å². The quantitative estimate of drug-likeness (QED) is 0.302. The number of nitrogens with two attached hydrogens (primary N) is 1. The number of nitrogens with zero attached hydrogens (tertiary/aromatic N) is 8. The highest BCUT2D eigenvalue weighted by molar-refractivity contribution is 6.22. The number of rotatable bonds is 7. The van der Waals surface area contributed by atoms with E-state index in [2.05, 4.69) is 46.4 Å². The van der Waals surface area contributed by atoms with Crippen molar-refractivity contribution in [1.82, 2.24) is 24.4 Å². The molecular formula is C32H42N10. The van der Waals surface area contributed by atoms with E-state index in [0.29, 0.717) is 17.1 Å². The molecule has 0 radical (unpaired) electrons. The average molecular weight is 567 g/mol. The smallest absolute Gasteiger partial charge is 0.179 e. The van der Waals surface area contributed by atoms with Crippen molar-refractivity contribution in [1.29, 1.82) is 10.5 Å². The van der Waals surface area contributed by atoms with Crippen LogP contribution in [0.4, 0.5) is 5.69 Å². The number of allylic oxidation sites excluding steroid dienone is 1. The summed E-state index contributed by atoms with van der Waals surface area (Å²) in [5.41, 5.74) is 11.5. The molecule has 0 spiro atoms. The Kier molecular flexibility index (Phi) is 9.49. The largest absolute Gasteiger partial charge is 0.404 e. The van der Waals surface area contributed by atoms with E-state index in [0.717, 1.165) is 60.7 Å². The van der Waals surface area contributed by atoms with E-state index < -0.39 is 0 Å². The van der Waals surface area contributed by atoms with Crippen molar-refractivity contribution in [2.45, 2.75) is 78.0 Å². The predicted molar refractivity (Wildman–Crippen MR) is 168 cm³/mol. The van der Waals surface area contributed by atoms with Crippen LogP contribution in [0.3, 0.4) is 0 Å². The van der Waals surface area contributed by atoms with E-state index in [1.165, 1.54) is 0 Å². The molecule has 2 saturated heterocycles. The van der Waals surface area contributed by atoms with Crippen LogP contribution in [0.25, 0.3) is 11.1 Å². The van der Waals surface area contributed by atoms with Crippen LogP contribution in [0.15, 0.2) is 54.0 Å². The second kappa shape index (κ2) is 13.1. The highest BCUT2D eigenvalue weighted by Crippen LogP contribution is 2.35. The fourth-order valence-electron chi connectivity index (χ4n) is 5.93. The molecule has 0 aliphatic carbocycles. The summed E-state index contributed by atoms with van der Waals surface area (Å²) < 4.78 is 1.72. The van der Waals surface area contributed by atoms with Crippen LogP contribution >= 0.6 is 0 Å². The molecule has 0 amide bonds. The molecule has 42 heavy (non-hydrogen) atoms. The average Bonchev–Trinajstić information content (AvgIpc) is 3.43. The van der Waals surface area contributed by atoms with Gasteiger partial charge in [0.05, 0.1) is 46.8 Å². The molecule has 3 aromatic heterocycles. The van der Waals surface area contributed by atoms with Crippen molar-refractivity contribution in [2.75, 3.05) is 25.0 Å². The van der Waals surface area contributed by atoms with Gasteiger partial charge in [0, 0.05) is 55.1 Å². The van der Waals surface area contributed by atoms with Crippen LogP contribution in [-0.4, -0.2) is 67.4 Å². The molecule has 3 N–H and O–H groups in total. The van der Waals surface area contributed by atoms with Crippen molar-refractivity contribution in [2.24, 2.45) is 10.7 Å². The second-order valence-electron chi connectivity index (χ2n) is 11.2. The lowest BCUT2D eigenvalue weighted by atomic mass is 9.81. The number of nitrogens with one attached hydrogen (secondary N) is 1. The van der Waals surface area contributed by atoms with Gasteiger partial charge in [-0.1, -0.05) is 19.9 Å². The summed E-state index contributed by atoms with van der Waals surface area (Å²) in [5, 5.41) is 27.0. The third kappa shape index (κ3) is 5.95. The van der Waals surface area contributed by atoms with Gasteiger partial charge in [0.15, 0.2) is 6.19 Å². The Morgan fingerprint density at radius 1 is 1.24 bits per heavy atom. The molecule has 2 aliphatic rings. The molecule has 2 unspecified atom stereocenters. The zero-order valence-electron chi connectivity index (χ0n) is 25.5. The summed E-state index contributed by atoms with van der Waals surface area (Å²) in [7, 11) is 0. The minimum atomic E-state index is -0.118. The van der Waals surface area contributed by atoms with Crippen molar-refractivity contribution in [3.05, 3.63) is 65.9 Å². The van der Waals surface area contributed by atoms with Gasteiger partial charge in [0.1, 0.15) is 11.6 Å². The maximum Gasteiger partial charge on any atom is 0.179 e. The molecule has 2 fully saturated rings. The van der Waals surface area contributed by atoms with Crippen LogP contribution in [-0.2, 0) is 0 Å². The summed E-state index contributed by atoms with van der Waals surface area (Å²) in [6.07, 6.45) is 11.1. The number of aromatic nitrogens is 3. The van der Waals surface area contributed by atoms with Gasteiger partial charge < -0.3 is 16.0 Å². The fraction of sp³-hybridized carbons (Fsp3) is 0.469. The second-order valence-corrected chi connectivity index (χ2v) is 11.2. The molecule has 10 nitrogen and oxygen atoms in total. The monoisotopic (exact) mass is 566 g/mol. The number of aliphatic imine (C=N–C) groups is 1. The molecule has 2 atom stereocenters. The van der Waals surface area contributed by atoms with Crippen LogP contribution in [0.5, 0.6) is 0 Å². The lowest BCUT2D eigenvalue weighted by Crippen LogP contribution is -2.72. The van der Waals surface area contributed by atoms with Crippen molar-refractivity contribution in [3.8, 4) is 12.3 Å². The number of fused-ring (bicyclic) bond motifs is 1. The Morgan fingerprint density at radius 2 is 1.98 bits per heavy atom. The van der Waals surface area contributed by atoms with Crippen molar-refractivity contribution < 1.29 is 0 Å². The molecule has 2 aliphatic heterocycles. The molecule has 10 heteroatoms. The number of nitriles is 2. The van der Waals surface area contributed by atoms with E-state index in [1.54, 1.807) is 23.1 Å². The molecule has 5 heterocycles. The number of hydrogen-bond donors (Lipinski definition) is 2.